The summed E-state index contributed by atoms with van der Waals surface area (Å²) in [7, 11) is 1.95. The zero-order chi connectivity index (χ0) is 16.3. The van der Waals surface area contributed by atoms with E-state index in [9.17, 15) is 0 Å². The van der Waals surface area contributed by atoms with Gasteiger partial charge in [0.05, 0.1) is 30.8 Å². The Bertz CT molecular complexity index is 636. The first-order chi connectivity index (χ1) is 11.1. The first-order valence-corrected chi connectivity index (χ1v) is 8.60. The van der Waals surface area contributed by atoms with Crippen molar-refractivity contribution in [3.63, 3.8) is 0 Å². The topological polar surface area (TPSA) is 24.8 Å². The normalized spacial score (nSPS) is 19.5. The third kappa shape index (κ3) is 3.28. The lowest BCUT2D eigenvalue weighted by atomic mass is 9.75. The van der Waals surface area contributed by atoms with Crippen LogP contribution >= 0.6 is 0 Å². The standard InChI is InChI=1S/C20H26N2O/c1-4-11-22(3)15-21-19-14-17-8-12-23-20(9-6-5-7-10-20)18(17)13-16(19)2/h1,13-15H,5-12H2,2-3H3/b21-15+. The molecule has 0 bridgehead atoms. The minimum atomic E-state index is -0.0287. The van der Waals surface area contributed by atoms with Gasteiger partial charge in [0.2, 0.25) is 0 Å². The van der Waals surface area contributed by atoms with Crippen LogP contribution in [0.2, 0.25) is 0 Å². The second-order valence-corrected chi connectivity index (χ2v) is 6.81. The Morgan fingerprint density at radius 1 is 1.35 bits per heavy atom. The van der Waals surface area contributed by atoms with Crippen LogP contribution in [0.1, 0.15) is 48.8 Å². The van der Waals surface area contributed by atoms with Gasteiger partial charge in [-0.3, -0.25) is 0 Å². The van der Waals surface area contributed by atoms with Crippen molar-refractivity contribution >= 4 is 12.0 Å². The van der Waals surface area contributed by atoms with Gasteiger partial charge in [-0.25, -0.2) is 4.99 Å². The highest BCUT2D eigenvalue weighted by atomic mass is 16.5. The molecule has 2 aliphatic rings. The smallest absolute Gasteiger partial charge is 0.0934 e. The van der Waals surface area contributed by atoms with E-state index in [2.05, 4.69) is 30.0 Å². The number of nitrogens with zero attached hydrogens (tertiary/aromatic N) is 2. The van der Waals surface area contributed by atoms with Gasteiger partial charge in [-0.2, -0.15) is 0 Å². The molecule has 1 aromatic rings. The van der Waals surface area contributed by atoms with E-state index in [0.29, 0.717) is 6.54 Å². The molecule has 0 N–H and O–H groups in total. The minimum Gasteiger partial charge on any atom is -0.370 e. The fourth-order valence-electron chi connectivity index (χ4n) is 3.83. The van der Waals surface area contributed by atoms with Crippen molar-refractivity contribution in [3.8, 4) is 12.3 Å². The van der Waals surface area contributed by atoms with E-state index in [1.54, 1.807) is 0 Å². The van der Waals surface area contributed by atoms with E-state index >= 15 is 0 Å². The van der Waals surface area contributed by atoms with Crippen LogP contribution in [0.5, 0.6) is 0 Å². The number of rotatable bonds is 3. The van der Waals surface area contributed by atoms with Crippen LogP contribution in [0.25, 0.3) is 0 Å². The summed E-state index contributed by atoms with van der Waals surface area (Å²) in [4.78, 5) is 6.55. The van der Waals surface area contributed by atoms with Crippen LogP contribution in [0.15, 0.2) is 17.1 Å². The Hall–Kier alpha value is -1.79. The Morgan fingerprint density at radius 3 is 2.87 bits per heavy atom. The van der Waals surface area contributed by atoms with Gasteiger partial charge in [0.25, 0.3) is 0 Å². The van der Waals surface area contributed by atoms with Crippen molar-refractivity contribution in [2.45, 2.75) is 51.0 Å². The van der Waals surface area contributed by atoms with Crippen LogP contribution in [0.4, 0.5) is 5.69 Å². The second kappa shape index (κ2) is 6.76. The second-order valence-electron chi connectivity index (χ2n) is 6.81. The molecule has 1 aliphatic heterocycles. The van der Waals surface area contributed by atoms with Crippen LogP contribution in [-0.4, -0.2) is 31.4 Å². The molecule has 3 heteroatoms. The molecule has 3 nitrogen and oxygen atoms in total. The van der Waals surface area contributed by atoms with Crippen molar-refractivity contribution in [3.05, 3.63) is 28.8 Å². The number of terminal acetylenes is 1. The Morgan fingerprint density at radius 2 is 2.13 bits per heavy atom. The molecule has 1 fully saturated rings. The molecular weight excluding hydrogens is 284 g/mol. The summed E-state index contributed by atoms with van der Waals surface area (Å²) in [6, 6.07) is 4.57. The number of hydrogen-bond acceptors (Lipinski definition) is 2. The molecular formula is C20H26N2O. The van der Waals surface area contributed by atoms with Gasteiger partial charge in [-0.1, -0.05) is 31.2 Å². The largest absolute Gasteiger partial charge is 0.370 e. The van der Waals surface area contributed by atoms with Crippen molar-refractivity contribution < 1.29 is 4.74 Å². The lowest BCUT2D eigenvalue weighted by Gasteiger charge is -2.42. The first-order valence-electron chi connectivity index (χ1n) is 8.60. The third-order valence-electron chi connectivity index (χ3n) is 5.06. The average Bonchev–Trinajstić information content (AvgIpc) is 2.55. The molecule has 0 unspecified atom stereocenters. The van der Waals surface area contributed by atoms with Gasteiger partial charge < -0.3 is 9.64 Å². The molecule has 0 amide bonds. The van der Waals surface area contributed by atoms with E-state index in [4.69, 9.17) is 11.2 Å². The zero-order valence-corrected chi connectivity index (χ0v) is 14.3. The molecule has 1 heterocycles. The molecule has 23 heavy (non-hydrogen) atoms. The molecule has 1 spiro atoms. The average molecular weight is 310 g/mol. The predicted octanol–water partition coefficient (Wildman–Crippen LogP) is 3.95. The third-order valence-corrected chi connectivity index (χ3v) is 5.06. The maximum atomic E-state index is 6.29. The summed E-state index contributed by atoms with van der Waals surface area (Å²) in [5.74, 6) is 2.63. The van der Waals surface area contributed by atoms with Crippen LogP contribution in [0, 0.1) is 19.3 Å². The lowest BCUT2D eigenvalue weighted by Crippen LogP contribution is -2.37. The Labute approximate surface area is 139 Å². The molecule has 122 valence electrons. The van der Waals surface area contributed by atoms with E-state index in [-0.39, 0.29) is 5.60 Å². The number of fused-ring (bicyclic) bond motifs is 2. The first kappa shape index (κ1) is 16.1. The summed E-state index contributed by atoms with van der Waals surface area (Å²) in [5, 5.41) is 0. The summed E-state index contributed by atoms with van der Waals surface area (Å²) in [6.07, 6.45) is 14.3. The predicted molar refractivity (Wildman–Crippen MR) is 95.2 cm³/mol. The van der Waals surface area contributed by atoms with Crippen molar-refractivity contribution in [2.75, 3.05) is 20.2 Å². The molecule has 1 aromatic carbocycles. The van der Waals surface area contributed by atoms with Gasteiger partial charge in [-0.15, -0.1) is 6.42 Å². The van der Waals surface area contributed by atoms with Crippen molar-refractivity contribution in [2.24, 2.45) is 4.99 Å². The van der Waals surface area contributed by atoms with E-state index in [1.807, 2.05) is 18.3 Å². The number of benzene rings is 1. The summed E-state index contributed by atoms with van der Waals surface area (Å²) in [5.41, 5.74) is 5.05. The van der Waals surface area contributed by atoms with Gasteiger partial charge in [0.15, 0.2) is 0 Å². The van der Waals surface area contributed by atoms with Gasteiger partial charge in [0, 0.05) is 7.05 Å². The molecule has 0 saturated heterocycles. The minimum absolute atomic E-state index is 0.0287. The van der Waals surface area contributed by atoms with Gasteiger partial charge in [0.1, 0.15) is 0 Å². The van der Waals surface area contributed by atoms with E-state index in [1.165, 1.54) is 36.0 Å². The fourth-order valence-corrected chi connectivity index (χ4v) is 3.83. The molecule has 0 radical (unpaired) electrons. The molecule has 1 saturated carbocycles. The maximum absolute atomic E-state index is 6.29. The maximum Gasteiger partial charge on any atom is 0.0934 e. The molecule has 1 aliphatic carbocycles. The molecule has 0 atom stereocenters. The summed E-state index contributed by atoms with van der Waals surface area (Å²) < 4.78 is 6.29. The molecule has 3 rings (SSSR count). The summed E-state index contributed by atoms with van der Waals surface area (Å²) >= 11 is 0. The van der Waals surface area contributed by atoms with E-state index in [0.717, 1.165) is 31.6 Å². The monoisotopic (exact) mass is 310 g/mol. The van der Waals surface area contributed by atoms with Crippen molar-refractivity contribution in [1.82, 2.24) is 4.90 Å². The number of aliphatic imine (C=N–C) groups is 1. The van der Waals surface area contributed by atoms with Gasteiger partial charge in [-0.05, 0) is 48.9 Å². The van der Waals surface area contributed by atoms with Crippen molar-refractivity contribution in [1.29, 1.82) is 0 Å². The highest BCUT2D eigenvalue weighted by molar-refractivity contribution is 5.64. The van der Waals surface area contributed by atoms with Crippen LogP contribution in [0.3, 0.4) is 0 Å². The fraction of sp³-hybridized carbons (Fsp3) is 0.550. The Kier molecular flexibility index (Phi) is 4.73. The Balaban J connectivity index is 1.91. The van der Waals surface area contributed by atoms with Gasteiger partial charge >= 0.3 is 0 Å². The van der Waals surface area contributed by atoms with E-state index < -0.39 is 0 Å². The highest BCUT2D eigenvalue weighted by Crippen LogP contribution is 2.45. The lowest BCUT2D eigenvalue weighted by molar-refractivity contribution is -0.0847. The summed E-state index contributed by atoms with van der Waals surface area (Å²) in [6.45, 7) is 3.54. The SMILES string of the molecule is C#CCN(C)/C=N/c1cc2c(cc1C)C1(CCCCC1)OCC2. The van der Waals surface area contributed by atoms with Crippen LogP contribution in [-0.2, 0) is 16.8 Å². The van der Waals surface area contributed by atoms with Crippen LogP contribution < -0.4 is 0 Å². The number of hydrogen-bond donors (Lipinski definition) is 0. The zero-order valence-electron chi connectivity index (χ0n) is 14.3. The number of aryl methyl sites for hydroxylation is 1. The quantitative estimate of drug-likeness (QED) is 0.480. The number of ether oxygens (including phenoxy) is 1. The molecule has 0 aromatic heterocycles. The highest BCUT2D eigenvalue weighted by Gasteiger charge is 2.39.